The molecule has 0 spiro atoms. The monoisotopic (exact) mass is 399 g/mol. The quantitative estimate of drug-likeness (QED) is 0.774. The zero-order valence-electron chi connectivity index (χ0n) is 15.4. The highest BCUT2D eigenvalue weighted by molar-refractivity contribution is 7.12. The number of fused-ring (bicyclic) bond motifs is 2. The second-order valence-electron chi connectivity index (χ2n) is 7.07. The van der Waals surface area contributed by atoms with E-state index in [-0.39, 0.29) is 29.9 Å². The van der Waals surface area contributed by atoms with E-state index in [1.165, 1.54) is 18.4 Å². The van der Waals surface area contributed by atoms with Crippen molar-refractivity contribution in [3.63, 3.8) is 0 Å². The Morgan fingerprint density at radius 2 is 1.93 bits per heavy atom. The van der Waals surface area contributed by atoms with Crippen molar-refractivity contribution in [1.82, 2.24) is 10.2 Å². The lowest BCUT2D eigenvalue weighted by molar-refractivity contribution is 0.0607. The first-order valence-corrected chi connectivity index (χ1v) is 10.0. The number of esters is 1. The number of ether oxygens (including phenoxy) is 1. The van der Waals surface area contributed by atoms with Crippen LogP contribution < -0.4 is 10.6 Å². The fraction of sp³-hybridized carbons (Fsp3) is 0.350. The minimum atomic E-state index is -0.461. The van der Waals surface area contributed by atoms with E-state index < -0.39 is 5.97 Å². The molecule has 2 aliphatic rings. The predicted octanol–water partition coefficient (Wildman–Crippen LogP) is 2.96. The van der Waals surface area contributed by atoms with E-state index >= 15 is 0 Å². The van der Waals surface area contributed by atoms with Crippen LogP contribution in [0.1, 0.15) is 32.9 Å². The highest BCUT2D eigenvalue weighted by Crippen LogP contribution is 2.38. The number of benzene rings is 1. The Hall–Kier alpha value is -2.87. The maximum absolute atomic E-state index is 12.7. The van der Waals surface area contributed by atoms with Crippen LogP contribution in [0, 0.1) is 5.92 Å². The zero-order valence-corrected chi connectivity index (χ0v) is 16.2. The van der Waals surface area contributed by atoms with Gasteiger partial charge in [0.05, 0.1) is 12.8 Å². The molecule has 2 fully saturated rings. The molecule has 1 aliphatic carbocycles. The number of likely N-dealkylation sites (tertiary alicyclic amines) is 1. The Morgan fingerprint density at radius 3 is 2.61 bits per heavy atom. The maximum atomic E-state index is 12.7. The van der Waals surface area contributed by atoms with Crippen LogP contribution in [0.4, 0.5) is 10.5 Å². The van der Waals surface area contributed by atoms with Gasteiger partial charge in [-0.25, -0.2) is 9.59 Å². The standard InChI is InChI=1S/C20H21N3O4S/c1-27-19(25)17-15(7-8-28-17)22-20(26)23-11-13-9-14(23)10-16(13)21-18(24)12-5-3-2-4-6-12/h2-8,13-14,16H,9-11H2,1H3,(H,21,24)(H,22,26)/t13-,14-,16-/m0/s1. The summed E-state index contributed by atoms with van der Waals surface area (Å²) in [4.78, 5) is 39.0. The number of thiophene rings is 1. The lowest BCUT2D eigenvalue weighted by Crippen LogP contribution is -2.48. The number of hydrogen-bond acceptors (Lipinski definition) is 5. The minimum Gasteiger partial charge on any atom is -0.465 e. The first kappa shape index (κ1) is 18.5. The minimum absolute atomic E-state index is 0.0739. The van der Waals surface area contributed by atoms with E-state index in [2.05, 4.69) is 10.6 Å². The first-order valence-electron chi connectivity index (χ1n) is 9.16. The van der Waals surface area contributed by atoms with Crippen molar-refractivity contribution in [2.24, 2.45) is 5.92 Å². The largest absolute Gasteiger partial charge is 0.465 e. The number of hydrogen-bond donors (Lipinski definition) is 2. The van der Waals surface area contributed by atoms with Crippen molar-refractivity contribution < 1.29 is 19.1 Å². The molecule has 146 valence electrons. The van der Waals surface area contributed by atoms with Gasteiger partial charge in [-0.05, 0) is 42.3 Å². The summed E-state index contributed by atoms with van der Waals surface area (Å²) in [7, 11) is 1.32. The summed E-state index contributed by atoms with van der Waals surface area (Å²) in [6, 6.07) is 10.8. The van der Waals surface area contributed by atoms with Crippen molar-refractivity contribution in [3.05, 3.63) is 52.2 Å². The Bertz CT molecular complexity index is 898. The lowest BCUT2D eigenvalue weighted by Gasteiger charge is -2.32. The molecule has 0 radical (unpaired) electrons. The molecular formula is C20H21N3O4S. The number of amides is 3. The molecule has 1 saturated heterocycles. The van der Waals surface area contributed by atoms with Crippen molar-refractivity contribution in [2.45, 2.75) is 24.9 Å². The van der Waals surface area contributed by atoms with Crippen LogP contribution in [0.2, 0.25) is 0 Å². The molecule has 28 heavy (non-hydrogen) atoms. The Morgan fingerprint density at radius 1 is 1.14 bits per heavy atom. The van der Waals surface area contributed by atoms with Gasteiger partial charge in [0.15, 0.2) is 0 Å². The average molecular weight is 399 g/mol. The molecule has 2 bridgehead atoms. The van der Waals surface area contributed by atoms with E-state index in [9.17, 15) is 14.4 Å². The second kappa shape index (κ2) is 7.63. The number of methoxy groups -OCH3 is 1. The van der Waals surface area contributed by atoms with Gasteiger partial charge in [0, 0.05) is 24.2 Å². The molecule has 8 heteroatoms. The van der Waals surface area contributed by atoms with Gasteiger partial charge in [-0.3, -0.25) is 4.79 Å². The molecule has 2 N–H and O–H groups in total. The molecule has 1 saturated carbocycles. The number of carbonyl (C=O) groups is 3. The molecule has 1 aromatic heterocycles. The Kier molecular flexibility index (Phi) is 5.04. The van der Waals surface area contributed by atoms with Gasteiger partial charge in [0.2, 0.25) is 0 Å². The highest BCUT2D eigenvalue weighted by Gasteiger charge is 2.47. The highest BCUT2D eigenvalue weighted by atomic mass is 32.1. The smallest absolute Gasteiger partial charge is 0.350 e. The van der Waals surface area contributed by atoms with Crippen molar-refractivity contribution >= 4 is 34.9 Å². The number of nitrogens with zero attached hydrogens (tertiary/aromatic N) is 1. The molecule has 0 unspecified atom stereocenters. The van der Waals surface area contributed by atoms with Crippen molar-refractivity contribution in [1.29, 1.82) is 0 Å². The molecule has 1 aliphatic heterocycles. The van der Waals surface area contributed by atoms with Crippen LogP contribution in [0.5, 0.6) is 0 Å². The summed E-state index contributed by atoms with van der Waals surface area (Å²) in [5, 5.41) is 7.67. The van der Waals surface area contributed by atoms with Gasteiger partial charge in [-0.2, -0.15) is 0 Å². The van der Waals surface area contributed by atoms with Crippen LogP contribution in [0.3, 0.4) is 0 Å². The molecule has 4 rings (SSSR count). The molecule has 2 aromatic rings. The van der Waals surface area contributed by atoms with E-state index in [1.807, 2.05) is 18.2 Å². The summed E-state index contributed by atoms with van der Waals surface area (Å²) in [5.41, 5.74) is 1.12. The predicted molar refractivity (Wildman–Crippen MR) is 106 cm³/mol. The van der Waals surface area contributed by atoms with E-state index in [0.29, 0.717) is 22.7 Å². The lowest BCUT2D eigenvalue weighted by atomic mass is 10.0. The Labute approximate surface area is 166 Å². The van der Waals surface area contributed by atoms with Gasteiger partial charge in [-0.1, -0.05) is 18.2 Å². The van der Waals surface area contributed by atoms with E-state index in [0.717, 1.165) is 12.8 Å². The topological polar surface area (TPSA) is 87.7 Å². The number of urea groups is 1. The fourth-order valence-corrected chi connectivity index (χ4v) is 4.83. The first-order chi connectivity index (χ1) is 13.6. The van der Waals surface area contributed by atoms with Crippen molar-refractivity contribution in [2.75, 3.05) is 19.0 Å². The second-order valence-corrected chi connectivity index (χ2v) is 7.98. The van der Waals surface area contributed by atoms with Crippen LogP contribution in [-0.2, 0) is 4.74 Å². The van der Waals surface area contributed by atoms with Crippen LogP contribution in [-0.4, -0.2) is 48.5 Å². The normalized spacial score (nSPS) is 22.8. The van der Waals surface area contributed by atoms with E-state index in [4.69, 9.17) is 4.74 Å². The van der Waals surface area contributed by atoms with Gasteiger partial charge in [-0.15, -0.1) is 11.3 Å². The van der Waals surface area contributed by atoms with Crippen LogP contribution in [0.15, 0.2) is 41.8 Å². The number of nitrogens with one attached hydrogen (secondary N) is 2. The number of piperidine rings is 1. The van der Waals surface area contributed by atoms with Gasteiger partial charge >= 0.3 is 12.0 Å². The van der Waals surface area contributed by atoms with E-state index in [1.54, 1.807) is 28.5 Å². The summed E-state index contributed by atoms with van der Waals surface area (Å²) in [6.07, 6.45) is 1.62. The molecule has 3 amide bonds. The summed E-state index contributed by atoms with van der Waals surface area (Å²) >= 11 is 1.23. The third-order valence-corrected chi connectivity index (χ3v) is 6.33. The third kappa shape index (κ3) is 3.47. The summed E-state index contributed by atoms with van der Waals surface area (Å²) in [5.74, 6) is -0.293. The van der Waals surface area contributed by atoms with Crippen LogP contribution >= 0.6 is 11.3 Å². The molecule has 1 aromatic carbocycles. The van der Waals surface area contributed by atoms with Gasteiger partial charge in [0.1, 0.15) is 4.88 Å². The maximum Gasteiger partial charge on any atom is 0.350 e. The third-order valence-electron chi connectivity index (χ3n) is 5.43. The molecular weight excluding hydrogens is 378 g/mol. The van der Waals surface area contributed by atoms with Crippen molar-refractivity contribution in [3.8, 4) is 0 Å². The molecule has 3 atom stereocenters. The average Bonchev–Trinajstić information content (AvgIpc) is 3.43. The van der Waals surface area contributed by atoms with Gasteiger partial charge in [0.25, 0.3) is 5.91 Å². The Balaban J connectivity index is 1.35. The summed E-state index contributed by atoms with van der Waals surface area (Å²) < 4.78 is 4.75. The summed E-state index contributed by atoms with van der Waals surface area (Å²) in [6.45, 7) is 0.591. The molecule has 2 heterocycles. The number of rotatable bonds is 4. The number of carbonyl (C=O) groups excluding carboxylic acids is 3. The zero-order chi connectivity index (χ0) is 19.7. The number of anilines is 1. The molecule has 7 nitrogen and oxygen atoms in total. The fourth-order valence-electron chi connectivity index (χ4n) is 4.07. The SMILES string of the molecule is COC(=O)c1sccc1NC(=O)N1C[C@@H]2C[C@H]1C[C@@H]2NC(=O)c1ccccc1. The van der Waals surface area contributed by atoms with Gasteiger partial charge < -0.3 is 20.3 Å². The van der Waals surface area contributed by atoms with Crippen LogP contribution in [0.25, 0.3) is 0 Å².